The molecule has 0 bridgehead atoms. The summed E-state index contributed by atoms with van der Waals surface area (Å²) in [5.41, 5.74) is 1.03. The third kappa shape index (κ3) is 4.17. The van der Waals surface area contributed by atoms with Crippen LogP contribution in [0.4, 0.5) is 19.0 Å². The van der Waals surface area contributed by atoms with Gasteiger partial charge in [0.1, 0.15) is 5.56 Å². The van der Waals surface area contributed by atoms with Crippen molar-refractivity contribution in [1.29, 1.82) is 0 Å². The van der Waals surface area contributed by atoms with Crippen molar-refractivity contribution < 1.29 is 18.0 Å². The van der Waals surface area contributed by atoms with E-state index in [0.717, 1.165) is 23.4 Å². The van der Waals surface area contributed by atoms with E-state index in [1.165, 1.54) is 11.3 Å². The number of carbonyl (C=O) groups excluding carboxylic acids is 1. The molecule has 0 aliphatic carbocycles. The molecule has 0 fully saturated rings. The van der Waals surface area contributed by atoms with Gasteiger partial charge in [-0.25, -0.2) is 9.50 Å². The van der Waals surface area contributed by atoms with E-state index in [1.807, 2.05) is 31.2 Å². The topological polar surface area (TPSA) is 77.1 Å². The van der Waals surface area contributed by atoms with Crippen LogP contribution in [-0.4, -0.2) is 30.3 Å². The summed E-state index contributed by atoms with van der Waals surface area (Å²) in [5.74, 6) is -0.386. The number of hydrogen-bond donors (Lipinski definition) is 1. The predicted molar refractivity (Wildman–Crippen MR) is 122 cm³/mol. The van der Waals surface area contributed by atoms with Crippen LogP contribution in [0.15, 0.2) is 66.3 Å². The van der Waals surface area contributed by atoms with Crippen LogP contribution in [0, 0.1) is 6.92 Å². The van der Waals surface area contributed by atoms with E-state index >= 15 is 0 Å². The Hall–Kier alpha value is -3.99. The van der Waals surface area contributed by atoms with E-state index < -0.39 is 17.8 Å². The second kappa shape index (κ2) is 8.41. The van der Waals surface area contributed by atoms with E-state index in [4.69, 9.17) is 0 Å². The zero-order valence-corrected chi connectivity index (χ0v) is 18.6. The molecular formula is C23H17F3N6OS. The first-order valence-electron chi connectivity index (χ1n) is 10.2. The molecule has 1 N–H and O–H groups in total. The van der Waals surface area contributed by atoms with Crippen molar-refractivity contribution in [3.05, 3.63) is 88.7 Å². The van der Waals surface area contributed by atoms with E-state index in [1.54, 1.807) is 34.5 Å². The second-order valence-electron chi connectivity index (χ2n) is 7.57. The first kappa shape index (κ1) is 21.8. The molecule has 1 aromatic carbocycles. The largest absolute Gasteiger partial charge is 0.433 e. The molecule has 0 aliphatic rings. The number of rotatable bonds is 5. The lowest BCUT2D eigenvalue weighted by Gasteiger charge is -2.11. The Morgan fingerprint density at radius 3 is 2.71 bits per heavy atom. The molecule has 5 rings (SSSR count). The summed E-state index contributed by atoms with van der Waals surface area (Å²) in [4.78, 5) is 17.8. The highest BCUT2D eigenvalue weighted by Gasteiger charge is 2.36. The van der Waals surface area contributed by atoms with Gasteiger partial charge in [0.05, 0.1) is 23.3 Å². The van der Waals surface area contributed by atoms with Crippen LogP contribution in [0.5, 0.6) is 0 Å². The molecule has 0 saturated heterocycles. The Kier molecular flexibility index (Phi) is 5.40. The van der Waals surface area contributed by atoms with Crippen LogP contribution < -0.4 is 5.32 Å². The number of anilines is 1. The van der Waals surface area contributed by atoms with Gasteiger partial charge in [0.2, 0.25) is 0 Å². The van der Waals surface area contributed by atoms with Crippen LogP contribution >= 0.6 is 11.3 Å². The average molecular weight is 482 g/mol. The first-order chi connectivity index (χ1) is 16.3. The zero-order valence-electron chi connectivity index (χ0n) is 17.7. The van der Waals surface area contributed by atoms with Gasteiger partial charge in [-0.1, -0.05) is 30.3 Å². The van der Waals surface area contributed by atoms with Gasteiger partial charge in [0.25, 0.3) is 5.91 Å². The highest BCUT2D eigenvalue weighted by atomic mass is 32.1. The summed E-state index contributed by atoms with van der Waals surface area (Å²) >= 11 is 1.25. The highest BCUT2D eigenvalue weighted by Crippen LogP contribution is 2.34. The standard InChI is InChI=1S/C23H17F3N6OS/c1-14-5-2-3-6-15(14)13-31-9-8-20(30-31)29-22(33)16-12-27-32-19(23(24,25)26)11-17(28-21(16)32)18-7-4-10-34-18/h2-12H,13H2,1H3,(H,29,30,33). The number of aryl methyl sites for hydroxylation is 1. The lowest BCUT2D eigenvalue weighted by Crippen LogP contribution is -2.16. The molecular weight excluding hydrogens is 465 g/mol. The molecule has 0 spiro atoms. The van der Waals surface area contributed by atoms with Gasteiger partial charge in [-0.2, -0.15) is 23.4 Å². The maximum atomic E-state index is 13.7. The normalized spacial score (nSPS) is 11.8. The number of thiophene rings is 1. The van der Waals surface area contributed by atoms with Crippen LogP contribution in [0.25, 0.3) is 16.2 Å². The summed E-state index contributed by atoms with van der Waals surface area (Å²) in [7, 11) is 0. The maximum absolute atomic E-state index is 13.7. The maximum Gasteiger partial charge on any atom is 0.433 e. The van der Waals surface area contributed by atoms with Crippen molar-refractivity contribution in [2.45, 2.75) is 19.6 Å². The Morgan fingerprint density at radius 2 is 1.97 bits per heavy atom. The van der Waals surface area contributed by atoms with E-state index in [9.17, 15) is 18.0 Å². The molecule has 4 aromatic heterocycles. The van der Waals surface area contributed by atoms with Crippen LogP contribution in [0.3, 0.4) is 0 Å². The minimum atomic E-state index is -4.68. The van der Waals surface area contributed by atoms with E-state index in [-0.39, 0.29) is 22.7 Å². The molecule has 7 nitrogen and oxygen atoms in total. The third-order valence-corrected chi connectivity index (χ3v) is 6.15. The van der Waals surface area contributed by atoms with E-state index in [0.29, 0.717) is 15.9 Å². The molecule has 0 saturated carbocycles. The van der Waals surface area contributed by atoms with Gasteiger partial charge < -0.3 is 5.32 Å². The van der Waals surface area contributed by atoms with Crippen LogP contribution in [0.2, 0.25) is 0 Å². The number of aromatic nitrogens is 5. The summed E-state index contributed by atoms with van der Waals surface area (Å²) < 4.78 is 43.4. The molecule has 0 atom stereocenters. The smallest absolute Gasteiger partial charge is 0.305 e. The lowest BCUT2D eigenvalue weighted by molar-refractivity contribution is -0.142. The zero-order chi connectivity index (χ0) is 23.9. The number of carbonyl (C=O) groups is 1. The molecule has 4 heterocycles. The molecule has 0 unspecified atom stereocenters. The van der Waals surface area contributed by atoms with Gasteiger partial charge in [-0.3, -0.25) is 9.48 Å². The van der Waals surface area contributed by atoms with Crippen molar-refractivity contribution in [1.82, 2.24) is 24.4 Å². The Labute approximate surface area is 195 Å². The lowest BCUT2D eigenvalue weighted by atomic mass is 10.1. The summed E-state index contributed by atoms with van der Waals surface area (Å²) in [6.07, 6.45) is -1.89. The fraction of sp³-hybridized carbons (Fsp3) is 0.130. The Bertz CT molecular complexity index is 1490. The summed E-state index contributed by atoms with van der Waals surface area (Å²) in [6, 6.07) is 13.8. The third-order valence-electron chi connectivity index (χ3n) is 5.26. The fourth-order valence-corrected chi connectivity index (χ4v) is 4.22. The quantitative estimate of drug-likeness (QED) is 0.370. The predicted octanol–water partition coefficient (Wildman–Crippen LogP) is 5.28. The summed E-state index contributed by atoms with van der Waals surface area (Å²) in [6.45, 7) is 2.51. The van der Waals surface area contributed by atoms with Crippen LogP contribution in [0.1, 0.15) is 27.2 Å². The SMILES string of the molecule is Cc1ccccc1Cn1ccc(NC(=O)c2cnn3c(C(F)(F)F)cc(-c4cccs4)nc23)n1. The number of nitrogens with zero attached hydrogens (tertiary/aromatic N) is 5. The van der Waals surface area contributed by atoms with Crippen molar-refractivity contribution in [3.63, 3.8) is 0 Å². The molecule has 0 radical (unpaired) electrons. The van der Waals surface area contributed by atoms with Gasteiger partial charge in [0, 0.05) is 12.3 Å². The highest BCUT2D eigenvalue weighted by molar-refractivity contribution is 7.13. The Morgan fingerprint density at radius 1 is 1.15 bits per heavy atom. The van der Waals surface area contributed by atoms with Gasteiger partial charge in [-0.15, -0.1) is 11.3 Å². The van der Waals surface area contributed by atoms with Gasteiger partial charge in [0.15, 0.2) is 17.2 Å². The molecule has 172 valence electrons. The number of fused-ring (bicyclic) bond motifs is 1. The molecule has 34 heavy (non-hydrogen) atoms. The first-order valence-corrected chi connectivity index (χ1v) is 11.1. The average Bonchev–Trinajstić information content (AvgIpc) is 3.55. The molecule has 1 amide bonds. The van der Waals surface area contributed by atoms with Gasteiger partial charge >= 0.3 is 6.18 Å². The Balaban J connectivity index is 1.46. The minimum absolute atomic E-state index is 0.0858. The number of hydrogen-bond acceptors (Lipinski definition) is 5. The molecule has 5 aromatic rings. The van der Waals surface area contributed by atoms with Crippen molar-refractivity contribution in [3.8, 4) is 10.6 Å². The van der Waals surface area contributed by atoms with Crippen molar-refractivity contribution in [2.24, 2.45) is 0 Å². The summed E-state index contributed by atoms with van der Waals surface area (Å²) in [5, 5.41) is 12.5. The number of nitrogens with one attached hydrogen (secondary N) is 1. The number of alkyl halides is 3. The molecule has 0 aliphatic heterocycles. The fourth-order valence-electron chi connectivity index (χ4n) is 3.54. The second-order valence-corrected chi connectivity index (χ2v) is 8.52. The van der Waals surface area contributed by atoms with E-state index in [2.05, 4.69) is 20.5 Å². The number of amides is 1. The van der Waals surface area contributed by atoms with Gasteiger partial charge in [-0.05, 0) is 35.6 Å². The van der Waals surface area contributed by atoms with Crippen molar-refractivity contribution >= 4 is 28.7 Å². The van der Waals surface area contributed by atoms with Crippen LogP contribution in [-0.2, 0) is 12.7 Å². The minimum Gasteiger partial charge on any atom is -0.305 e. The molecule has 11 heteroatoms. The monoisotopic (exact) mass is 482 g/mol. The van der Waals surface area contributed by atoms with Crippen molar-refractivity contribution in [2.75, 3.05) is 5.32 Å². The number of halogens is 3. The number of benzene rings is 1.